The first-order valence-corrected chi connectivity index (χ1v) is 5.19. The standard InChI is InChI=1S/C12H14N2O3/c1-8-5-7-17-10(8)11-13-6-4-9(14-11)12(15-2)16-3/h4-7,12H,1-3H3. The van der Waals surface area contributed by atoms with Gasteiger partial charge in [0.2, 0.25) is 6.29 Å². The molecular weight excluding hydrogens is 220 g/mol. The summed E-state index contributed by atoms with van der Waals surface area (Å²) in [6, 6.07) is 3.62. The fourth-order valence-electron chi connectivity index (χ4n) is 1.55. The largest absolute Gasteiger partial charge is 0.461 e. The highest BCUT2D eigenvalue weighted by atomic mass is 16.7. The van der Waals surface area contributed by atoms with Crippen LogP contribution < -0.4 is 0 Å². The Morgan fingerprint density at radius 3 is 2.59 bits per heavy atom. The molecule has 0 bridgehead atoms. The van der Waals surface area contributed by atoms with Crippen LogP contribution in [0.15, 0.2) is 29.0 Å². The topological polar surface area (TPSA) is 57.4 Å². The van der Waals surface area contributed by atoms with Gasteiger partial charge in [0.05, 0.1) is 6.26 Å². The predicted molar refractivity (Wildman–Crippen MR) is 61.2 cm³/mol. The van der Waals surface area contributed by atoms with Crippen LogP contribution in [0.5, 0.6) is 0 Å². The molecule has 0 atom stereocenters. The minimum absolute atomic E-state index is 0.494. The average Bonchev–Trinajstić information content (AvgIpc) is 2.77. The predicted octanol–water partition coefficient (Wildman–Crippen LogP) is 2.34. The second kappa shape index (κ2) is 5.07. The molecule has 5 heteroatoms. The van der Waals surface area contributed by atoms with Crippen molar-refractivity contribution in [3.63, 3.8) is 0 Å². The number of hydrogen-bond donors (Lipinski definition) is 0. The van der Waals surface area contributed by atoms with Gasteiger partial charge in [-0.2, -0.15) is 0 Å². The number of nitrogens with zero attached hydrogens (tertiary/aromatic N) is 2. The number of hydrogen-bond acceptors (Lipinski definition) is 5. The van der Waals surface area contributed by atoms with E-state index in [0.717, 1.165) is 5.56 Å². The molecule has 0 aliphatic heterocycles. The number of ether oxygens (including phenoxy) is 2. The lowest BCUT2D eigenvalue weighted by molar-refractivity contribution is -0.108. The molecule has 2 rings (SSSR count). The minimum Gasteiger partial charge on any atom is -0.461 e. The molecule has 0 fully saturated rings. The normalized spacial score (nSPS) is 11.1. The molecule has 0 amide bonds. The zero-order valence-corrected chi connectivity index (χ0v) is 10.0. The maximum atomic E-state index is 5.35. The zero-order valence-electron chi connectivity index (χ0n) is 10.0. The van der Waals surface area contributed by atoms with Crippen LogP contribution in [0, 0.1) is 6.92 Å². The SMILES string of the molecule is COC(OC)c1ccnc(-c2occc2C)n1. The van der Waals surface area contributed by atoms with Crippen molar-refractivity contribution in [2.24, 2.45) is 0 Å². The molecule has 2 heterocycles. The summed E-state index contributed by atoms with van der Waals surface area (Å²) in [7, 11) is 3.13. The van der Waals surface area contributed by atoms with Crippen LogP contribution in [0.1, 0.15) is 17.5 Å². The summed E-state index contributed by atoms with van der Waals surface area (Å²) in [6.07, 6.45) is 2.78. The van der Waals surface area contributed by atoms with E-state index >= 15 is 0 Å². The van der Waals surface area contributed by atoms with Gasteiger partial charge >= 0.3 is 0 Å². The van der Waals surface area contributed by atoms with Crippen LogP contribution in [-0.2, 0) is 9.47 Å². The Morgan fingerprint density at radius 2 is 2.00 bits per heavy atom. The molecule has 0 spiro atoms. The van der Waals surface area contributed by atoms with Crippen LogP contribution in [0.4, 0.5) is 0 Å². The lowest BCUT2D eigenvalue weighted by Gasteiger charge is -2.12. The number of furan rings is 1. The molecule has 90 valence electrons. The molecule has 0 radical (unpaired) electrons. The van der Waals surface area contributed by atoms with E-state index in [2.05, 4.69) is 9.97 Å². The molecule has 5 nitrogen and oxygen atoms in total. The Hall–Kier alpha value is -1.72. The van der Waals surface area contributed by atoms with Crippen LogP contribution in [0.25, 0.3) is 11.6 Å². The lowest BCUT2D eigenvalue weighted by Crippen LogP contribution is -2.07. The second-order valence-electron chi connectivity index (χ2n) is 3.54. The second-order valence-corrected chi connectivity index (χ2v) is 3.54. The molecule has 0 N–H and O–H groups in total. The van der Waals surface area contributed by atoms with Crippen molar-refractivity contribution in [2.45, 2.75) is 13.2 Å². The maximum Gasteiger partial charge on any atom is 0.200 e. The van der Waals surface area contributed by atoms with Gasteiger partial charge in [-0.15, -0.1) is 0 Å². The number of rotatable bonds is 4. The van der Waals surface area contributed by atoms with Gasteiger partial charge < -0.3 is 13.9 Å². The van der Waals surface area contributed by atoms with Gasteiger partial charge in [0, 0.05) is 20.4 Å². The number of methoxy groups -OCH3 is 2. The monoisotopic (exact) mass is 234 g/mol. The molecule has 0 unspecified atom stereocenters. The molecule has 0 aliphatic rings. The van der Waals surface area contributed by atoms with E-state index in [1.165, 1.54) is 0 Å². The van der Waals surface area contributed by atoms with Crippen molar-refractivity contribution in [3.05, 3.63) is 35.9 Å². The lowest BCUT2D eigenvalue weighted by atomic mass is 10.2. The highest BCUT2D eigenvalue weighted by Gasteiger charge is 2.14. The third-order valence-electron chi connectivity index (χ3n) is 2.41. The molecular formula is C12H14N2O3. The van der Waals surface area contributed by atoms with E-state index in [1.54, 1.807) is 32.7 Å². The molecule has 0 aromatic carbocycles. The summed E-state index contributed by atoms with van der Waals surface area (Å²) in [4.78, 5) is 8.54. The maximum absolute atomic E-state index is 5.35. The number of aryl methyl sites for hydroxylation is 1. The van der Waals surface area contributed by atoms with Crippen molar-refractivity contribution < 1.29 is 13.9 Å². The van der Waals surface area contributed by atoms with Gasteiger partial charge in [-0.05, 0) is 24.6 Å². The quantitative estimate of drug-likeness (QED) is 0.760. The van der Waals surface area contributed by atoms with Crippen molar-refractivity contribution in [3.8, 4) is 11.6 Å². The Labute approximate surface area is 99.4 Å². The Balaban J connectivity index is 2.38. The fraction of sp³-hybridized carbons (Fsp3) is 0.333. The molecule has 2 aromatic rings. The first kappa shape index (κ1) is 11.8. The van der Waals surface area contributed by atoms with Gasteiger partial charge in [0.1, 0.15) is 5.69 Å². The molecule has 0 saturated heterocycles. The van der Waals surface area contributed by atoms with E-state index in [1.807, 2.05) is 13.0 Å². The third kappa shape index (κ3) is 2.35. The molecule has 2 aromatic heterocycles. The van der Waals surface area contributed by atoms with Gasteiger partial charge in [0.15, 0.2) is 11.6 Å². The van der Waals surface area contributed by atoms with Crippen molar-refractivity contribution >= 4 is 0 Å². The smallest absolute Gasteiger partial charge is 0.200 e. The van der Waals surface area contributed by atoms with Crippen LogP contribution in [0.2, 0.25) is 0 Å². The highest BCUT2D eigenvalue weighted by molar-refractivity contribution is 5.51. The van der Waals surface area contributed by atoms with Crippen LogP contribution >= 0.6 is 0 Å². The minimum atomic E-state index is -0.494. The Bertz CT molecular complexity index is 492. The highest BCUT2D eigenvalue weighted by Crippen LogP contribution is 2.22. The summed E-state index contributed by atoms with van der Waals surface area (Å²) in [5, 5.41) is 0. The van der Waals surface area contributed by atoms with Crippen molar-refractivity contribution in [2.75, 3.05) is 14.2 Å². The van der Waals surface area contributed by atoms with Crippen LogP contribution in [-0.4, -0.2) is 24.2 Å². The summed E-state index contributed by atoms with van der Waals surface area (Å²) in [5.74, 6) is 1.20. The number of aromatic nitrogens is 2. The summed E-state index contributed by atoms with van der Waals surface area (Å²) in [5.41, 5.74) is 1.66. The zero-order chi connectivity index (χ0) is 12.3. The molecule has 0 aliphatic carbocycles. The van der Waals surface area contributed by atoms with Gasteiger partial charge in [0.25, 0.3) is 0 Å². The summed E-state index contributed by atoms with van der Waals surface area (Å²) >= 11 is 0. The summed E-state index contributed by atoms with van der Waals surface area (Å²) in [6.45, 7) is 1.94. The van der Waals surface area contributed by atoms with Crippen LogP contribution in [0.3, 0.4) is 0 Å². The van der Waals surface area contributed by atoms with Gasteiger partial charge in [-0.1, -0.05) is 0 Å². The fourth-order valence-corrected chi connectivity index (χ4v) is 1.55. The van der Waals surface area contributed by atoms with Crippen molar-refractivity contribution in [1.29, 1.82) is 0 Å². The molecule has 0 saturated carbocycles. The average molecular weight is 234 g/mol. The van der Waals surface area contributed by atoms with Crippen molar-refractivity contribution in [1.82, 2.24) is 9.97 Å². The van der Waals surface area contributed by atoms with E-state index in [4.69, 9.17) is 13.9 Å². The van der Waals surface area contributed by atoms with E-state index in [0.29, 0.717) is 17.3 Å². The third-order valence-corrected chi connectivity index (χ3v) is 2.41. The summed E-state index contributed by atoms with van der Waals surface area (Å²) < 4.78 is 15.6. The van der Waals surface area contributed by atoms with Gasteiger partial charge in [-0.3, -0.25) is 0 Å². The van der Waals surface area contributed by atoms with Gasteiger partial charge in [-0.25, -0.2) is 9.97 Å². The van der Waals surface area contributed by atoms with E-state index < -0.39 is 6.29 Å². The Morgan fingerprint density at radius 1 is 1.24 bits per heavy atom. The first-order chi connectivity index (χ1) is 8.26. The Kier molecular flexibility index (Phi) is 3.51. The first-order valence-electron chi connectivity index (χ1n) is 5.19. The van der Waals surface area contributed by atoms with E-state index in [9.17, 15) is 0 Å². The van der Waals surface area contributed by atoms with E-state index in [-0.39, 0.29) is 0 Å². The molecule has 17 heavy (non-hydrogen) atoms.